The van der Waals surface area contributed by atoms with Crippen LogP contribution in [0.15, 0.2) is 41.0 Å². The number of hydrogen-bond donors (Lipinski definition) is 2. The standard InChI is InChI=1S/C15H18N2O3/c1-19-14-6-4-12(16)9-11(14)10-17-15(18)7-5-13-3-2-8-20-13/h2-4,6,8-9H,5,7,10,16H2,1H3,(H,17,18). The van der Waals surface area contributed by atoms with E-state index in [1.54, 1.807) is 31.6 Å². The van der Waals surface area contributed by atoms with Crippen LogP contribution in [0.1, 0.15) is 17.7 Å². The molecular weight excluding hydrogens is 256 g/mol. The van der Waals surface area contributed by atoms with E-state index in [4.69, 9.17) is 14.9 Å². The highest BCUT2D eigenvalue weighted by atomic mass is 16.5. The minimum absolute atomic E-state index is 0.0362. The number of furan rings is 1. The SMILES string of the molecule is COc1ccc(N)cc1CNC(=O)CCc1ccco1. The van der Waals surface area contributed by atoms with Gasteiger partial charge in [-0.25, -0.2) is 0 Å². The summed E-state index contributed by atoms with van der Waals surface area (Å²) in [6, 6.07) is 9.02. The number of nitrogen functional groups attached to an aromatic ring is 1. The molecule has 0 radical (unpaired) electrons. The van der Waals surface area contributed by atoms with Crippen LogP contribution in [0.25, 0.3) is 0 Å². The van der Waals surface area contributed by atoms with Crippen molar-refractivity contribution >= 4 is 11.6 Å². The number of nitrogens with one attached hydrogen (secondary N) is 1. The summed E-state index contributed by atoms with van der Waals surface area (Å²) in [6.45, 7) is 0.394. The maximum Gasteiger partial charge on any atom is 0.220 e. The highest BCUT2D eigenvalue weighted by Crippen LogP contribution is 2.20. The van der Waals surface area contributed by atoms with Gasteiger partial charge in [-0.2, -0.15) is 0 Å². The lowest BCUT2D eigenvalue weighted by atomic mass is 10.1. The molecule has 0 bridgehead atoms. The molecule has 0 aliphatic heterocycles. The Balaban J connectivity index is 1.85. The van der Waals surface area contributed by atoms with Crippen LogP contribution in [-0.4, -0.2) is 13.0 Å². The largest absolute Gasteiger partial charge is 0.496 e. The van der Waals surface area contributed by atoms with Crippen molar-refractivity contribution in [2.75, 3.05) is 12.8 Å². The van der Waals surface area contributed by atoms with Gasteiger partial charge < -0.3 is 20.2 Å². The van der Waals surface area contributed by atoms with Gasteiger partial charge in [-0.15, -0.1) is 0 Å². The Morgan fingerprint density at radius 1 is 1.40 bits per heavy atom. The Hall–Kier alpha value is -2.43. The fraction of sp³-hybridized carbons (Fsp3) is 0.267. The highest BCUT2D eigenvalue weighted by Gasteiger charge is 2.07. The number of amides is 1. The summed E-state index contributed by atoms with van der Waals surface area (Å²) in [6.07, 6.45) is 2.58. The molecule has 3 N–H and O–H groups in total. The van der Waals surface area contributed by atoms with Gasteiger partial charge in [0, 0.05) is 30.6 Å². The van der Waals surface area contributed by atoms with Crippen molar-refractivity contribution in [2.45, 2.75) is 19.4 Å². The average Bonchev–Trinajstić information content (AvgIpc) is 2.96. The maximum atomic E-state index is 11.8. The van der Waals surface area contributed by atoms with E-state index < -0.39 is 0 Å². The van der Waals surface area contributed by atoms with Gasteiger partial charge in [0.25, 0.3) is 0 Å². The summed E-state index contributed by atoms with van der Waals surface area (Å²) < 4.78 is 10.4. The van der Waals surface area contributed by atoms with Crippen LogP contribution < -0.4 is 15.8 Å². The van der Waals surface area contributed by atoms with Gasteiger partial charge in [0.05, 0.1) is 13.4 Å². The first-order chi connectivity index (χ1) is 9.69. The van der Waals surface area contributed by atoms with E-state index >= 15 is 0 Å². The molecule has 0 saturated carbocycles. The number of hydrogen-bond acceptors (Lipinski definition) is 4. The van der Waals surface area contributed by atoms with Gasteiger partial charge >= 0.3 is 0 Å². The van der Waals surface area contributed by atoms with Crippen molar-refractivity contribution in [1.29, 1.82) is 0 Å². The molecule has 0 fully saturated rings. The summed E-state index contributed by atoms with van der Waals surface area (Å²) in [7, 11) is 1.59. The molecule has 2 aromatic rings. The summed E-state index contributed by atoms with van der Waals surface area (Å²) in [5.41, 5.74) is 7.23. The number of anilines is 1. The van der Waals surface area contributed by atoms with E-state index in [1.165, 1.54) is 0 Å². The zero-order valence-electron chi connectivity index (χ0n) is 11.4. The van der Waals surface area contributed by atoms with Crippen molar-refractivity contribution in [2.24, 2.45) is 0 Å². The van der Waals surface area contributed by atoms with E-state index in [-0.39, 0.29) is 5.91 Å². The molecule has 0 atom stereocenters. The third kappa shape index (κ3) is 3.78. The van der Waals surface area contributed by atoms with E-state index in [2.05, 4.69) is 5.32 Å². The molecular formula is C15H18N2O3. The number of nitrogens with two attached hydrogens (primary N) is 1. The molecule has 5 heteroatoms. The Kier molecular flexibility index (Phi) is 4.65. The molecule has 0 aliphatic carbocycles. The second kappa shape index (κ2) is 6.65. The predicted octanol–water partition coefficient (Wildman–Crippen LogP) is 2.12. The minimum atomic E-state index is -0.0362. The third-order valence-corrected chi connectivity index (χ3v) is 2.96. The lowest BCUT2D eigenvalue weighted by Crippen LogP contribution is -2.23. The fourth-order valence-electron chi connectivity index (χ4n) is 1.91. The van der Waals surface area contributed by atoms with Crippen LogP contribution in [0.5, 0.6) is 5.75 Å². The van der Waals surface area contributed by atoms with Gasteiger partial charge in [0.1, 0.15) is 11.5 Å². The minimum Gasteiger partial charge on any atom is -0.496 e. The van der Waals surface area contributed by atoms with Crippen LogP contribution in [-0.2, 0) is 17.8 Å². The molecule has 0 unspecified atom stereocenters. The zero-order valence-corrected chi connectivity index (χ0v) is 11.4. The van der Waals surface area contributed by atoms with Crippen molar-refractivity contribution in [1.82, 2.24) is 5.32 Å². The van der Waals surface area contributed by atoms with E-state index in [0.717, 1.165) is 11.3 Å². The number of benzene rings is 1. The molecule has 1 amide bonds. The number of methoxy groups -OCH3 is 1. The summed E-state index contributed by atoms with van der Waals surface area (Å²) in [5, 5.41) is 2.85. The van der Waals surface area contributed by atoms with Crippen LogP contribution in [0.4, 0.5) is 5.69 Å². The average molecular weight is 274 g/mol. The maximum absolute atomic E-state index is 11.8. The first kappa shape index (κ1) is 14.0. The number of carbonyl (C=O) groups excluding carboxylic acids is 1. The van der Waals surface area contributed by atoms with E-state index in [0.29, 0.717) is 30.8 Å². The fourth-order valence-corrected chi connectivity index (χ4v) is 1.91. The number of aryl methyl sites for hydroxylation is 1. The highest BCUT2D eigenvalue weighted by molar-refractivity contribution is 5.76. The second-order valence-electron chi connectivity index (χ2n) is 4.43. The Labute approximate surface area is 117 Å². The van der Waals surface area contributed by atoms with Crippen molar-refractivity contribution in [3.8, 4) is 5.75 Å². The van der Waals surface area contributed by atoms with Crippen molar-refractivity contribution < 1.29 is 13.9 Å². The third-order valence-electron chi connectivity index (χ3n) is 2.96. The van der Waals surface area contributed by atoms with Gasteiger partial charge in [-0.05, 0) is 30.3 Å². The zero-order chi connectivity index (χ0) is 14.4. The quantitative estimate of drug-likeness (QED) is 0.791. The molecule has 106 valence electrons. The molecule has 2 rings (SSSR count). The predicted molar refractivity (Wildman–Crippen MR) is 76.3 cm³/mol. The summed E-state index contributed by atoms with van der Waals surface area (Å²) in [4.78, 5) is 11.8. The molecule has 0 spiro atoms. The lowest BCUT2D eigenvalue weighted by molar-refractivity contribution is -0.121. The molecule has 0 saturated heterocycles. The molecule has 5 nitrogen and oxygen atoms in total. The lowest BCUT2D eigenvalue weighted by Gasteiger charge is -2.10. The van der Waals surface area contributed by atoms with Crippen molar-refractivity contribution in [3.05, 3.63) is 47.9 Å². The molecule has 0 aliphatic rings. The number of ether oxygens (including phenoxy) is 1. The van der Waals surface area contributed by atoms with Crippen LogP contribution in [0.3, 0.4) is 0 Å². The normalized spacial score (nSPS) is 10.2. The number of rotatable bonds is 6. The van der Waals surface area contributed by atoms with Gasteiger partial charge in [0.15, 0.2) is 0 Å². The van der Waals surface area contributed by atoms with E-state index in [9.17, 15) is 4.79 Å². The van der Waals surface area contributed by atoms with Crippen LogP contribution in [0.2, 0.25) is 0 Å². The topological polar surface area (TPSA) is 77.5 Å². The van der Waals surface area contributed by atoms with Gasteiger partial charge in [-0.1, -0.05) is 0 Å². The summed E-state index contributed by atoms with van der Waals surface area (Å²) >= 11 is 0. The Bertz CT molecular complexity index is 565. The first-order valence-electron chi connectivity index (χ1n) is 6.40. The van der Waals surface area contributed by atoms with Crippen molar-refractivity contribution in [3.63, 3.8) is 0 Å². The second-order valence-corrected chi connectivity index (χ2v) is 4.43. The number of carbonyl (C=O) groups is 1. The molecule has 1 heterocycles. The molecule has 20 heavy (non-hydrogen) atoms. The summed E-state index contributed by atoms with van der Waals surface area (Å²) in [5.74, 6) is 1.48. The monoisotopic (exact) mass is 274 g/mol. The van der Waals surface area contributed by atoms with Gasteiger partial charge in [-0.3, -0.25) is 4.79 Å². The van der Waals surface area contributed by atoms with Gasteiger partial charge in [0.2, 0.25) is 5.91 Å². The molecule has 1 aromatic carbocycles. The van der Waals surface area contributed by atoms with Crippen LogP contribution >= 0.6 is 0 Å². The Morgan fingerprint density at radius 3 is 2.95 bits per heavy atom. The molecule has 1 aromatic heterocycles. The first-order valence-corrected chi connectivity index (χ1v) is 6.40. The van der Waals surface area contributed by atoms with Crippen LogP contribution in [0, 0.1) is 0 Å². The Morgan fingerprint density at radius 2 is 2.25 bits per heavy atom. The van der Waals surface area contributed by atoms with E-state index in [1.807, 2.05) is 12.1 Å². The smallest absolute Gasteiger partial charge is 0.220 e.